The summed E-state index contributed by atoms with van der Waals surface area (Å²) in [6.07, 6.45) is 1.76. The van der Waals surface area contributed by atoms with Gasteiger partial charge in [-0.25, -0.2) is 5.10 Å². The third kappa shape index (κ3) is 2.85. The molecule has 1 amide bonds. The van der Waals surface area contributed by atoms with Crippen molar-refractivity contribution in [1.82, 2.24) is 20.1 Å². The standard InChI is InChI=1S/C16H14N4O2/c1-20(16(22)14-6-7-15(21)19-18-14)10-11-8-12-4-2-3-5-13(12)17-9-11/h2-9H,10H2,1H3,(H,19,21). The number of para-hydroxylation sites is 1. The molecule has 0 aliphatic carbocycles. The van der Waals surface area contributed by atoms with Gasteiger partial charge >= 0.3 is 0 Å². The van der Waals surface area contributed by atoms with Gasteiger partial charge in [0.25, 0.3) is 11.5 Å². The van der Waals surface area contributed by atoms with Crippen LogP contribution in [0.4, 0.5) is 0 Å². The fourth-order valence-electron chi connectivity index (χ4n) is 2.21. The number of carbonyl (C=O) groups excluding carboxylic acids is 1. The van der Waals surface area contributed by atoms with Gasteiger partial charge in [-0.15, -0.1) is 0 Å². The summed E-state index contributed by atoms with van der Waals surface area (Å²) in [4.78, 5) is 29.1. The van der Waals surface area contributed by atoms with Crippen molar-refractivity contribution in [1.29, 1.82) is 0 Å². The molecule has 0 aliphatic rings. The number of nitrogens with one attached hydrogen (secondary N) is 1. The van der Waals surface area contributed by atoms with E-state index < -0.39 is 0 Å². The topological polar surface area (TPSA) is 79.0 Å². The number of fused-ring (bicyclic) bond motifs is 1. The van der Waals surface area contributed by atoms with Gasteiger partial charge in [0.15, 0.2) is 0 Å². The predicted molar refractivity (Wildman–Crippen MR) is 82.4 cm³/mol. The first-order valence-electron chi connectivity index (χ1n) is 6.78. The van der Waals surface area contributed by atoms with Crippen LogP contribution in [0.1, 0.15) is 16.1 Å². The number of hydrogen-bond acceptors (Lipinski definition) is 4. The van der Waals surface area contributed by atoms with E-state index in [4.69, 9.17) is 0 Å². The summed E-state index contributed by atoms with van der Waals surface area (Å²) in [5.74, 6) is -0.260. The fraction of sp³-hybridized carbons (Fsp3) is 0.125. The summed E-state index contributed by atoms with van der Waals surface area (Å²) >= 11 is 0. The van der Waals surface area contributed by atoms with Crippen LogP contribution in [0.25, 0.3) is 10.9 Å². The van der Waals surface area contributed by atoms with E-state index in [1.165, 1.54) is 17.0 Å². The number of aromatic amines is 1. The van der Waals surface area contributed by atoms with Gasteiger partial charge in [-0.05, 0) is 23.8 Å². The Morgan fingerprint density at radius 1 is 1.23 bits per heavy atom. The SMILES string of the molecule is CN(Cc1cnc2ccccc2c1)C(=O)c1ccc(=O)[nH]n1. The lowest BCUT2D eigenvalue weighted by molar-refractivity contribution is 0.0778. The van der Waals surface area contributed by atoms with Crippen LogP contribution in [0.5, 0.6) is 0 Å². The first-order chi connectivity index (χ1) is 10.6. The quantitative estimate of drug-likeness (QED) is 0.795. The number of hydrogen-bond donors (Lipinski definition) is 1. The summed E-state index contributed by atoms with van der Waals surface area (Å²) in [5.41, 5.74) is 1.72. The van der Waals surface area contributed by atoms with E-state index >= 15 is 0 Å². The van der Waals surface area contributed by atoms with Crippen molar-refractivity contribution in [3.63, 3.8) is 0 Å². The highest BCUT2D eigenvalue weighted by molar-refractivity contribution is 5.91. The molecule has 6 heteroatoms. The lowest BCUT2D eigenvalue weighted by Crippen LogP contribution is -2.28. The van der Waals surface area contributed by atoms with Crippen molar-refractivity contribution < 1.29 is 4.79 Å². The highest BCUT2D eigenvalue weighted by atomic mass is 16.2. The van der Waals surface area contributed by atoms with E-state index in [1.807, 2.05) is 30.3 Å². The summed E-state index contributed by atoms with van der Waals surface area (Å²) < 4.78 is 0. The molecule has 0 radical (unpaired) electrons. The van der Waals surface area contributed by atoms with Crippen LogP contribution in [0.2, 0.25) is 0 Å². The number of H-pyrrole nitrogens is 1. The zero-order valence-electron chi connectivity index (χ0n) is 12.0. The zero-order valence-corrected chi connectivity index (χ0v) is 12.0. The van der Waals surface area contributed by atoms with Crippen molar-refractivity contribution in [3.8, 4) is 0 Å². The van der Waals surface area contributed by atoms with E-state index in [9.17, 15) is 9.59 Å². The predicted octanol–water partition coefficient (Wildman–Crippen LogP) is 1.59. The summed E-state index contributed by atoms with van der Waals surface area (Å²) in [6, 6.07) is 12.5. The average Bonchev–Trinajstić information content (AvgIpc) is 2.55. The van der Waals surface area contributed by atoms with Crippen molar-refractivity contribution in [2.24, 2.45) is 0 Å². The molecule has 22 heavy (non-hydrogen) atoms. The summed E-state index contributed by atoms with van der Waals surface area (Å²) in [6.45, 7) is 0.414. The fourth-order valence-corrected chi connectivity index (χ4v) is 2.21. The molecule has 1 N–H and O–H groups in total. The molecular weight excluding hydrogens is 280 g/mol. The summed E-state index contributed by atoms with van der Waals surface area (Å²) in [5, 5.41) is 7.04. The van der Waals surface area contributed by atoms with Crippen LogP contribution in [0.15, 0.2) is 53.5 Å². The Balaban J connectivity index is 1.79. The number of aromatic nitrogens is 3. The summed E-state index contributed by atoms with van der Waals surface area (Å²) in [7, 11) is 1.68. The zero-order chi connectivity index (χ0) is 15.5. The molecular formula is C16H14N4O2. The smallest absolute Gasteiger partial charge is 0.274 e. The lowest BCUT2D eigenvalue weighted by Gasteiger charge is -2.16. The minimum Gasteiger partial charge on any atom is -0.336 e. The first-order valence-corrected chi connectivity index (χ1v) is 6.78. The molecule has 3 rings (SSSR count). The van der Waals surface area contributed by atoms with Gasteiger partial charge in [-0.2, -0.15) is 5.10 Å². The minimum atomic E-state index is -0.335. The van der Waals surface area contributed by atoms with Crippen LogP contribution in [-0.4, -0.2) is 33.0 Å². The highest BCUT2D eigenvalue weighted by Gasteiger charge is 2.14. The highest BCUT2D eigenvalue weighted by Crippen LogP contribution is 2.14. The Labute approximate surface area is 126 Å². The molecule has 2 heterocycles. The van der Waals surface area contributed by atoms with Gasteiger partial charge in [0.05, 0.1) is 5.52 Å². The first kappa shape index (κ1) is 13.9. The van der Waals surface area contributed by atoms with Gasteiger partial charge in [-0.1, -0.05) is 18.2 Å². The van der Waals surface area contributed by atoms with E-state index in [0.29, 0.717) is 6.54 Å². The molecule has 0 atom stereocenters. The van der Waals surface area contributed by atoms with E-state index in [-0.39, 0.29) is 17.2 Å². The molecule has 0 fully saturated rings. The van der Waals surface area contributed by atoms with Gasteiger partial charge in [0.2, 0.25) is 0 Å². The van der Waals surface area contributed by atoms with Crippen LogP contribution in [0, 0.1) is 0 Å². The monoisotopic (exact) mass is 294 g/mol. The molecule has 2 aromatic heterocycles. The molecule has 0 aliphatic heterocycles. The van der Waals surface area contributed by atoms with Crippen molar-refractivity contribution in [3.05, 3.63) is 70.3 Å². The van der Waals surface area contributed by atoms with Gasteiger partial charge < -0.3 is 4.90 Å². The Kier molecular flexibility index (Phi) is 3.65. The number of pyridine rings is 1. The minimum absolute atomic E-state index is 0.204. The largest absolute Gasteiger partial charge is 0.336 e. The number of rotatable bonds is 3. The Morgan fingerprint density at radius 3 is 2.82 bits per heavy atom. The maximum atomic E-state index is 12.2. The molecule has 0 saturated heterocycles. The Bertz CT molecular complexity index is 868. The third-order valence-corrected chi connectivity index (χ3v) is 3.31. The second-order valence-electron chi connectivity index (χ2n) is 5.00. The third-order valence-electron chi connectivity index (χ3n) is 3.31. The molecule has 0 saturated carbocycles. The second kappa shape index (κ2) is 5.77. The molecule has 1 aromatic carbocycles. The second-order valence-corrected chi connectivity index (χ2v) is 5.00. The maximum absolute atomic E-state index is 12.2. The molecule has 6 nitrogen and oxygen atoms in total. The average molecular weight is 294 g/mol. The molecule has 0 bridgehead atoms. The Hall–Kier alpha value is -3.02. The van der Waals surface area contributed by atoms with Crippen molar-refractivity contribution in [2.45, 2.75) is 6.54 Å². The Morgan fingerprint density at radius 2 is 2.05 bits per heavy atom. The van der Waals surface area contributed by atoms with Crippen molar-refractivity contribution >= 4 is 16.8 Å². The van der Waals surface area contributed by atoms with Gasteiger partial charge in [0, 0.05) is 31.2 Å². The normalized spacial score (nSPS) is 10.6. The lowest BCUT2D eigenvalue weighted by atomic mass is 10.1. The van der Waals surface area contributed by atoms with E-state index in [0.717, 1.165) is 16.5 Å². The van der Waals surface area contributed by atoms with E-state index in [1.54, 1.807) is 13.2 Å². The van der Waals surface area contributed by atoms with Gasteiger partial charge in [0.1, 0.15) is 5.69 Å². The van der Waals surface area contributed by atoms with Crippen LogP contribution in [0.3, 0.4) is 0 Å². The number of nitrogens with zero attached hydrogens (tertiary/aromatic N) is 3. The maximum Gasteiger partial charge on any atom is 0.274 e. The van der Waals surface area contributed by atoms with Crippen LogP contribution < -0.4 is 5.56 Å². The molecule has 110 valence electrons. The molecule has 3 aromatic rings. The van der Waals surface area contributed by atoms with Crippen LogP contribution >= 0.6 is 0 Å². The number of carbonyl (C=O) groups is 1. The van der Waals surface area contributed by atoms with Crippen LogP contribution in [-0.2, 0) is 6.54 Å². The van der Waals surface area contributed by atoms with Gasteiger partial charge in [-0.3, -0.25) is 14.6 Å². The molecule has 0 unspecified atom stereocenters. The van der Waals surface area contributed by atoms with E-state index in [2.05, 4.69) is 15.2 Å². The van der Waals surface area contributed by atoms with Crippen molar-refractivity contribution in [2.75, 3.05) is 7.05 Å². The number of amides is 1. The number of benzene rings is 1. The molecule has 0 spiro atoms.